The monoisotopic (exact) mass is 277 g/mol. The number of hydrogen-bond acceptors (Lipinski definition) is 3. The van der Waals surface area contributed by atoms with Crippen LogP contribution >= 0.6 is 0 Å². The van der Waals surface area contributed by atoms with Crippen molar-refractivity contribution in [2.24, 2.45) is 5.41 Å². The first-order chi connectivity index (χ1) is 9.25. The van der Waals surface area contributed by atoms with E-state index in [2.05, 4.69) is 29.4 Å². The Labute approximate surface area is 122 Å². The van der Waals surface area contributed by atoms with Crippen LogP contribution in [0, 0.1) is 12.3 Å². The van der Waals surface area contributed by atoms with Crippen molar-refractivity contribution in [2.75, 3.05) is 39.5 Å². The normalized spacial score (nSPS) is 11.6. The van der Waals surface area contributed by atoms with Crippen molar-refractivity contribution >= 4 is 11.6 Å². The Bertz CT molecular complexity index is 467. The van der Waals surface area contributed by atoms with E-state index in [4.69, 9.17) is 0 Å². The molecule has 0 atom stereocenters. The van der Waals surface area contributed by atoms with Gasteiger partial charge < -0.3 is 15.5 Å². The number of rotatable bonds is 6. The predicted molar refractivity (Wildman–Crippen MR) is 85.4 cm³/mol. The lowest BCUT2D eigenvalue weighted by Gasteiger charge is -2.28. The van der Waals surface area contributed by atoms with Crippen LogP contribution in [0.4, 0.5) is 5.69 Å². The van der Waals surface area contributed by atoms with Crippen molar-refractivity contribution < 1.29 is 4.79 Å². The van der Waals surface area contributed by atoms with Gasteiger partial charge in [-0.2, -0.15) is 0 Å². The SMILES string of the molecule is CNc1cc(C)ccc1C(=O)NCC(C)(C)CN(C)C. The van der Waals surface area contributed by atoms with Gasteiger partial charge in [0.15, 0.2) is 0 Å². The van der Waals surface area contributed by atoms with Gasteiger partial charge in [0.25, 0.3) is 5.91 Å². The smallest absolute Gasteiger partial charge is 0.253 e. The first-order valence-corrected chi connectivity index (χ1v) is 6.96. The molecule has 4 heteroatoms. The highest BCUT2D eigenvalue weighted by Crippen LogP contribution is 2.18. The number of benzene rings is 1. The third kappa shape index (κ3) is 4.85. The van der Waals surface area contributed by atoms with Gasteiger partial charge in [-0.3, -0.25) is 4.79 Å². The minimum atomic E-state index is -0.0267. The third-order valence-corrected chi connectivity index (χ3v) is 3.16. The van der Waals surface area contributed by atoms with E-state index in [1.165, 1.54) is 0 Å². The summed E-state index contributed by atoms with van der Waals surface area (Å²) in [6.07, 6.45) is 0. The van der Waals surface area contributed by atoms with Crippen molar-refractivity contribution in [3.05, 3.63) is 29.3 Å². The molecule has 0 aliphatic heterocycles. The van der Waals surface area contributed by atoms with E-state index in [0.717, 1.165) is 17.8 Å². The zero-order valence-corrected chi connectivity index (χ0v) is 13.5. The molecule has 112 valence electrons. The molecule has 0 aromatic heterocycles. The molecule has 1 amide bonds. The van der Waals surface area contributed by atoms with Crippen LogP contribution in [0.2, 0.25) is 0 Å². The first kappa shape index (κ1) is 16.5. The van der Waals surface area contributed by atoms with Crippen molar-refractivity contribution in [1.29, 1.82) is 0 Å². The molecule has 2 N–H and O–H groups in total. The van der Waals surface area contributed by atoms with Crippen molar-refractivity contribution in [2.45, 2.75) is 20.8 Å². The van der Waals surface area contributed by atoms with Crippen molar-refractivity contribution in [3.63, 3.8) is 0 Å². The Hall–Kier alpha value is -1.55. The van der Waals surface area contributed by atoms with Crippen LogP contribution in [0.1, 0.15) is 29.8 Å². The number of aryl methyl sites for hydroxylation is 1. The number of nitrogens with zero attached hydrogens (tertiary/aromatic N) is 1. The van der Waals surface area contributed by atoms with E-state index in [0.29, 0.717) is 12.1 Å². The van der Waals surface area contributed by atoms with E-state index in [9.17, 15) is 4.79 Å². The summed E-state index contributed by atoms with van der Waals surface area (Å²) >= 11 is 0. The molecule has 1 aromatic rings. The van der Waals surface area contributed by atoms with E-state index in [-0.39, 0.29) is 11.3 Å². The summed E-state index contributed by atoms with van der Waals surface area (Å²) in [6.45, 7) is 7.91. The minimum absolute atomic E-state index is 0.0267. The van der Waals surface area contributed by atoms with Gasteiger partial charge in [0, 0.05) is 25.8 Å². The Morgan fingerprint density at radius 1 is 1.30 bits per heavy atom. The van der Waals surface area contributed by atoms with Crippen molar-refractivity contribution in [3.8, 4) is 0 Å². The maximum Gasteiger partial charge on any atom is 0.253 e. The number of anilines is 1. The van der Waals surface area contributed by atoms with Crippen LogP contribution in [-0.2, 0) is 0 Å². The van der Waals surface area contributed by atoms with E-state index < -0.39 is 0 Å². The van der Waals surface area contributed by atoms with Gasteiger partial charge in [-0.25, -0.2) is 0 Å². The van der Waals surface area contributed by atoms with Crippen LogP contribution in [-0.4, -0.2) is 45.0 Å². The fraction of sp³-hybridized carbons (Fsp3) is 0.562. The average Bonchev–Trinajstić information content (AvgIpc) is 2.34. The summed E-state index contributed by atoms with van der Waals surface area (Å²) in [6, 6.07) is 5.82. The molecule has 0 saturated carbocycles. The Morgan fingerprint density at radius 2 is 1.95 bits per heavy atom. The van der Waals surface area contributed by atoms with Crippen LogP contribution in [0.3, 0.4) is 0 Å². The summed E-state index contributed by atoms with van der Waals surface area (Å²) < 4.78 is 0. The zero-order chi connectivity index (χ0) is 15.3. The molecular weight excluding hydrogens is 250 g/mol. The number of carbonyl (C=O) groups is 1. The second kappa shape index (κ2) is 6.75. The Kier molecular flexibility index (Phi) is 5.57. The summed E-state index contributed by atoms with van der Waals surface area (Å²) in [5.41, 5.74) is 2.74. The molecule has 0 aliphatic rings. The highest BCUT2D eigenvalue weighted by molar-refractivity contribution is 5.99. The second-order valence-electron chi connectivity index (χ2n) is 6.38. The third-order valence-electron chi connectivity index (χ3n) is 3.16. The average molecular weight is 277 g/mol. The van der Waals surface area contributed by atoms with E-state index in [1.807, 2.05) is 46.3 Å². The lowest BCUT2D eigenvalue weighted by molar-refractivity contribution is 0.0930. The topological polar surface area (TPSA) is 44.4 Å². The summed E-state index contributed by atoms with van der Waals surface area (Å²) in [5.74, 6) is -0.0267. The lowest BCUT2D eigenvalue weighted by Crippen LogP contribution is -2.40. The molecular formula is C16H27N3O. The maximum absolute atomic E-state index is 12.3. The van der Waals surface area contributed by atoms with Gasteiger partial charge in [0.1, 0.15) is 0 Å². The molecule has 1 aromatic carbocycles. The number of carbonyl (C=O) groups excluding carboxylic acids is 1. The zero-order valence-electron chi connectivity index (χ0n) is 13.5. The molecule has 0 spiro atoms. The van der Waals surface area contributed by atoms with Gasteiger partial charge in [-0.05, 0) is 44.1 Å². The second-order valence-corrected chi connectivity index (χ2v) is 6.38. The van der Waals surface area contributed by atoms with Crippen LogP contribution in [0.25, 0.3) is 0 Å². The van der Waals surface area contributed by atoms with Gasteiger partial charge in [-0.15, -0.1) is 0 Å². The fourth-order valence-corrected chi connectivity index (χ4v) is 2.39. The highest BCUT2D eigenvalue weighted by Gasteiger charge is 2.20. The van der Waals surface area contributed by atoms with Crippen LogP contribution < -0.4 is 10.6 Å². The maximum atomic E-state index is 12.3. The molecule has 1 rings (SSSR count). The fourth-order valence-electron chi connectivity index (χ4n) is 2.39. The molecule has 0 saturated heterocycles. The Balaban J connectivity index is 2.72. The molecule has 0 unspecified atom stereocenters. The summed E-state index contributed by atoms with van der Waals surface area (Å²) in [4.78, 5) is 14.4. The minimum Gasteiger partial charge on any atom is -0.387 e. The first-order valence-electron chi connectivity index (χ1n) is 6.96. The van der Waals surface area contributed by atoms with Crippen LogP contribution in [0.5, 0.6) is 0 Å². The predicted octanol–water partition coefficient (Wildman–Crippen LogP) is 2.35. The van der Waals surface area contributed by atoms with E-state index in [1.54, 1.807) is 0 Å². The van der Waals surface area contributed by atoms with Gasteiger partial charge >= 0.3 is 0 Å². The van der Waals surface area contributed by atoms with Crippen molar-refractivity contribution in [1.82, 2.24) is 10.2 Å². The lowest BCUT2D eigenvalue weighted by atomic mass is 9.93. The molecule has 20 heavy (non-hydrogen) atoms. The summed E-state index contributed by atoms with van der Waals surface area (Å²) in [5, 5.41) is 6.11. The molecule has 0 heterocycles. The molecule has 0 fully saturated rings. The van der Waals surface area contributed by atoms with Crippen LogP contribution in [0.15, 0.2) is 18.2 Å². The quantitative estimate of drug-likeness (QED) is 0.839. The molecule has 0 radical (unpaired) electrons. The molecule has 0 bridgehead atoms. The standard InChI is InChI=1S/C16H27N3O/c1-12-7-8-13(14(9-12)17-4)15(20)18-10-16(2,3)11-19(5)6/h7-9,17H,10-11H2,1-6H3,(H,18,20). The summed E-state index contributed by atoms with van der Waals surface area (Å²) in [7, 11) is 5.92. The Morgan fingerprint density at radius 3 is 2.50 bits per heavy atom. The van der Waals surface area contributed by atoms with Gasteiger partial charge in [0.2, 0.25) is 0 Å². The number of hydrogen-bond donors (Lipinski definition) is 2. The van der Waals surface area contributed by atoms with E-state index >= 15 is 0 Å². The number of nitrogens with one attached hydrogen (secondary N) is 2. The molecule has 4 nitrogen and oxygen atoms in total. The van der Waals surface area contributed by atoms with Gasteiger partial charge in [-0.1, -0.05) is 19.9 Å². The van der Waals surface area contributed by atoms with Gasteiger partial charge in [0.05, 0.1) is 5.56 Å². The molecule has 0 aliphatic carbocycles. The largest absolute Gasteiger partial charge is 0.387 e. The number of amides is 1. The highest BCUT2D eigenvalue weighted by atomic mass is 16.1.